The lowest BCUT2D eigenvalue weighted by Crippen LogP contribution is -2.54. The van der Waals surface area contributed by atoms with Crippen LogP contribution in [0.15, 0.2) is 24.3 Å². The van der Waals surface area contributed by atoms with Crippen molar-refractivity contribution in [3.8, 4) is 0 Å². The molecule has 1 aliphatic rings. The summed E-state index contributed by atoms with van der Waals surface area (Å²) in [6.07, 6.45) is 0.792. The van der Waals surface area contributed by atoms with E-state index in [2.05, 4.69) is 30.7 Å². The lowest BCUT2D eigenvalue weighted by atomic mass is 9.82. The number of rotatable bonds is 5. The molecule has 0 amide bonds. The smallest absolute Gasteiger partial charge is 0.128 e. The molecule has 3 nitrogen and oxygen atoms in total. The number of piperazine rings is 1. The predicted octanol–water partition coefficient (Wildman–Crippen LogP) is 2.27. The van der Waals surface area contributed by atoms with Crippen molar-refractivity contribution in [3.63, 3.8) is 0 Å². The van der Waals surface area contributed by atoms with Gasteiger partial charge in [-0.2, -0.15) is 0 Å². The number of nitrogens with zero attached hydrogens (tertiary/aromatic N) is 2. The highest BCUT2D eigenvalue weighted by atomic mass is 19.1. The van der Waals surface area contributed by atoms with Gasteiger partial charge in [0.15, 0.2) is 0 Å². The van der Waals surface area contributed by atoms with Gasteiger partial charge >= 0.3 is 0 Å². The summed E-state index contributed by atoms with van der Waals surface area (Å²) in [5, 5.41) is 0. The summed E-state index contributed by atoms with van der Waals surface area (Å²) in [7, 11) is 2.14. The Morgan fingerprint density at radius 1 is 1.19 bits per heavy atom. The van der Waals surface area contributed by atoms with E-state index in [0.29, 0.717) is 11.5 Å². The van der Waals surface area contributed by atoms with Crippen LogP contribution < -0.4 is 5.73 Å². The molecule has 0 aliphatic carbocycles. The van der Waals surface area contributed by atoms with Gasteiger partial charge in [0.2, 0.25) is 0 Å². The van der Waals surface area contributed by atoms with Gasteiger partial charge in [-0.05, 0) is 25.5 Å². The third kappa shape index (κ3) is 4.25. The molecule has 0 radical (unpaired) electrons. The van der Waals surface area contributed by atoms with Gasteiger partial charge in [-0.25, -0.2) is 4.39 Å². The van der Waals surface area contributed by atoms with Crippen LogP contribution in [-0.4, -0.2) is 49.6 Å². The molecule has 1 aromatic rings. The molecule has 2 rings (SSSR count). The minimum absolute atomic E-state index is 0.185. The Kier molecular flexibility index (Phi) is 5.36. The minimum Gasteiger partial charge on any atom is -0.320 e. The van der Waals surface area contributed by atoms with Crippen molar-refractivity contribution in [2.75, 3.05) is 39.8 Å². The molecule has 118 valence electrons. The van der Waals surface area contributed by atoms with Crippen molar-refractivity contribution in [1.82, 2.24) is 9.80 Å². The van der Waals surface area contributed by atoms with Gasteiger partial charge in [-0.1, -0.05) is 32.0 Å². The number of benzene rings is 1. The van der Waals surface area contributed by atoms with E-state index >= 15 is 0 Å². The number of likely N-dealkylation sites (N-methyl/N-ethyl adjacent to an activating group) is 1. The van der Waals surface area contributed by atoms with Crippen molar-refractivity contribution >= 4 is 0 Å². The third-order valence-electron chi connectivity index (χ3n) is 4.28. The molecule has 1 heterocycles. The Hall–Kier alpha value is -0.970. The molecule has 4 heteroatoms. The molecule has 0 saturated carbocycles. The minimum atomic E-state index is -0.616. The van der Waals surface area contributed by atoms with Gasteiger partial charge in [-0.15, -0.1) is 0 Å². The number of hydrogen-bond donors (Lipinski definition) is 1. The van der Waals surface area contributed by atoms with E-state index in [1.165, 1.54) is 6.07 Å². The fourth-order valence-electron chi connectivity index (χ4n) is 3.26. The van der Waals surface area contributed by atoms with Crippen molar-refractivity contribution in [3.05, 3.63) is 35.6 Å². The highest BCUT2D eigenvalue weighted by Gasteiger charge is 2.33. The summed E-state index contributed by atoms with van der Waals surface area (Å²) in [6, 6.07) is 6.96. The first-order chi connectivity index (χ1) is 9.90. The number of halogens is 1. The molecule has 1 atom stereocenters. The van der Waals surface area contributed by atoms with Gasteiger partial charge in [-0.3, -0.25) is 4.90 Å². The Bertz CT molecular complexity index is 455. The van der Waals surface area contributed by atoms with Gasteiger partial charge in [0.05, 0.1) is 5.54 Å². The van der Waals surface area contributed by atoms with E-state index in [1.54, 1.807) is 6.07 Å². The quantitative estimate of drug-likeness (QED) is 0.904. The summed E-state index contributed by atoms with van der Waals surface area (Å²) >= 11 is 0. The van der Waals surface area contributed by atoms with E-state index in [4.69, 9.17) is 5.73 Å². The molecule has 0 spiro atoms. The molecular formula is C17H28FN3. The molecule has 0 aromatic heterocycles. The molecule has 1 fully saturated rings. The van der Waals surface area contributed by atoms with Crippen LogP contribution in [0, 0.1) is 11.7 Å². The van der Waals surface area contributed by atoms with Gasteiger partial charge in [0.25, 0.3) is 0 Å². The van der Waals surface area contributed by atoms with E-state index in [1.807, 2.05) is 12.1 Å². The zero-order valence-corrected chi connectivity index (χ0v) is 13.5. The average molecular weight is 293 g/mol. The van der Waals surface area contributed by atoms with Crippen LogP contribution in [0.2, 0.25) is 0 Å². The SMILES string of the molecule is CC(C)CC(N)(CN1CCN(C)CC1)c1ccccc1F. The molecule has 21 heavy (non-hydrogen) atoms. The highest BCUT2D eigenvalue weighted by Crippen LogP contribution is 2.29. The fraction of sp³-hybridized carbons (Fsp3) is 0.647. The Balaban J connectivity index is 2.19. The van der Waals surface area contributed by atoms with E-state index in [9.17, 15) is 4.39 Å². The van der Waals surface area contributed by atoms with Crippen molar-refractivity contribution in [2.24, 2.45) is 11.7 Å². The zero-order valence-electron chi connectivity index (χ0n) is 13.5. The number of hydrogen-bond acceptors (Lipinski definition) is 3. The van der Waals surface area contributed by atoms with Crippen LogP contribution >= 0.6 is 0 Å². The fourth-order valence-corrected chi connectivity index (χ4v) is 3.26. The Labute approximate surface area is 127 Å². The standard InChI is InChI=1S/C17H28FN3/c1-14(2)12-17(19,15-6-4-5-7-16(15)18)13-21-10-8-20(3)9-11-21/h4-7,14H,8-13,19H2,1-3H3. The maximum absolute atomic E-state index is 14.2. The second kappa shape index (κ2) is 6.86. The Morgan fingerprint density at radius 2 is 1.81 bits per heavy atom. The summed E-state index contributed by atoms with van der Waals surface area (Å²) < 4.78 is 14.2. The van der Waals surface area contributed by atoms with Crippen LogP contribution in [-0.2, 0) is 5.54 Å². The van der Waals surface area contributed by atoms with Crippen molar-refractivity contribution in [1.29, 1.82) is 0 Å². The molecule has 0 bridgehead atoms. The molecule has 1 saturated heterocycles. The largest absolute Gasteiger partial charge is 0.320 e. The zero-order chi connectivity index (χ0) is 15.5. The lowest BCUT2D eigenvalue weighted by Gasteiger charge is -2.40. The van der Waals surface area contributed by atoms with Crippen LogP contribution in [0.5, 0.6) is 0 Å². The van der Waals surface area contributed by atoms with Crippen LogP contribution in [0.25, 0.3) is 0 Å². The highest BCUT2D eigenvalue weighted by molar-refractivity contribution is 5.26. The summed E-state index contributed by atoms with van der Waals surface area (Å²) in [4.78, 5) is 4.69. The molecule has 2 N–H and O–H groups in total. The van der Waals surface area contributed by atoms with Crippen LogP contribution in [0.3, 0.4) is 0 Å². The van der Waals surface area contributed by atoms with Gasteiger partial charge in [0, 0.05) is 38.3 Å². The second-order valence-electron chi connectivity index (χ2n) is 6.81. The maximum atomic E-state index is 14.2. The van der Waals surface area contributed by atoms with Crippen molar-refractivity contribution in [2.45, 2.75) is 25.8 Å². The topological polar surface area (TPSA) is 32.5 Å². The monoisotopic (exact) mass is 293 g/mol. The normalized spacial score (nSPS) is 20.7. The second-order valence-corrected chi connectivity index (χ2v) is 6.81. The summed E-state index contributed by atoms with van der Waals surface area (Å²) in [6.45, 7) is 9.12. The van der Waals surface area contributed by atoms with Gasteiger partial charge in [0.1, 0.15) is 5.82 Å². The first-order valence-electron chi connectivity index (χ1n) is 7.85. The summed E-state index contributed by atoms with van der Waals surface area (Å²) in [5.41, 5.74) is 6.73. The van der Waals surface area contributed by atoms with E-state index < -0.39 is 5.54 Å². The Morgan fingerprint density at radius 3 is 2.38 bits per heavy atom. The molecular weight excluding hydrogens is 265 g/mol. The third-order valence-corrected chi connectivity index (χ3v) is 4.28. The molecule has 1 aromatic carbocycles. The first kappa shape index (κ1) is 16.4. The average Bonchev–Trinajstić information content (AvgIpc) is 2.41. The lowest BCUT2D eigenvalue weighted by molar-refractivity contribution is 0.117. The van der Waals surface area contributed by atoms with Gasteiger partial charge < -0.3 is 10.6 Å². The molecule has 1 unspecified atom stereocenters. The summed E-state index contributed by atoms with van der Waals surface area (Å²) in [5.74, 6) is 0.247. The first-order valence-corrected chi connectivity index (χ1v) is 7.85. The van der Waals surface area contributed by atoms with Crippen molar-refractivity contribution < 1.29 is 4.39 Å². The van der Waals surface area contributed by atoms with E-state index in [0.717, 1.165) is 39.1 Å². The maximum Gasteiger partial charge on any atom is 0.128 e. The van der Waals surface area contributed by atoms with Crippen LogP contribution in [0.4, 0.5) is 4.39 Å². The van der Waals surface area contributed by atoms with Crippen LogP contribution in [0.1, 0.15) is 25.8 Å². The predicted molar refractivity (Wildman–Crippen MR) is 85.7 cm³/mol. The number of nitrogens with two attached hydrogens (primary N) is 1. The van der Waals surface area contributed by atoms with E-state index in [-0.39, 0.29) is 5.82 Å². The molecule has 1 aliphatic heterocycles.